The van der Waals surface area contributed by atoms with Crippen molar-refractivity contribution in [3.8, 4) is 11.5 Å². The minimum atomic E-state index is 0.650. The van der Waals surface area contributed by atoms with Gasteiger partial charge in [0, 0.05) is 0 Å². The van der Waals surface area contributed by atoms with Gasteiger partial charge in [-0.1, -0.05) is 17.7 Å². The standard InChI is InChI=1S/C14H17NO2/c1-2-13-14(17-8-7-16-13)10-12(1)9-11-3-5-15-6-4-11/h1-2,9-10,15H,3-8H2. The van der Waals surface area contributed by atoms with E-state index in [0.29, 0.717) is 13.2 Å². The maximum atomic E-state index is 5.59. The number of fused-ring (bicyclic) bond motifs is 1. The lowest BCUT2D eigenvalue weighted by Crippen LogP contribution is -2.22. The minimum Gasteiger partial charge on any atom is -0.486 e. The normalized spacial score (nSPS) is 18.9. The molecule has 0 unspecified atom stereocenters. The molecule has 0 bridgehead atoms. The lowest BCUT2D eigenvalue weighted by atomic mass is 10.0. The molecule has 1 fully saturated rings. The van der Waals surface area contributed by atoms with Gasteiger partial charge in [0.05, 0.1) is 0 Å². The Morgan fingerprint density at radius 1 is 1.00 bits per heavy atom. The van der Waals surface area contributed by atoms with E-state index < -0.39 is 0 Å². The van der Waals surface area contributed by atoms with Crippen LogP contribution in [0.5, 0.6) is 11.5 Å². The van der Waals surface area contributed by atoms with Gasteiger partial charge in [-0.3, -0.25) is 0 Å². The van der Waals surface area contributed by atoms with Crippen LogP contribution in [-0.4, -0.2) is 26.3 Å². The van der Waals surface area contributed by atoms with E-state index >= 15 is 0 Å². The summed E-state index contributed by atoms with van der Waals surface area (Å²) < 4.78 is 11.1. The highest BCUT2D eigenvalue weighted by atomic mass is 16.6. The van der Waals surface area contributed by atoms with Gasteiger partial charge in [0.1, 0.15) is 13.2 Å². The fraction of sp³-hybridized carbons (Fsp3) is 0.429. The van der Waals surface area contributed by atoms with Crippen molar-refractivity contribution in [2.75, 3.05) is 26.3 Å². The molecular weight excluding hydrogens is 214 g/mol. The molecule has 0 spiro atoms. The Kier molecular flexibility index (Phi) is 3.01. The number of ether oxygens (including phenoxy) is 2. The van der Waals surface area contributed by atoms with E-state index in [0.717, 1.165) is 37.4 Å². The van der Waals surface area contributed by atoms with Gasteiger partial charge in [-0.25, -0.2) is 0 Å². The van der Waals surface area contributed by atoms with E-state index in [4.69, 9.17) is 9.47 Å². The zero-order valence-electron chi connectivity index (χ0n) is 9.87. The Balaban J connectivity index is 1.83. The highest BCUT2D eigenvalue weighted by molar-refractivity contribution is 5.58. The summed E-state index contributed by atoms with van der Waals surface area (Å²) in [6, 6.07) is 6.17. The third kappa shape index (κ3) is 2.44. The van der Waals surface area contributed by atoms with Crippen molar-refractivity contribution in [2.24, 2.45) is 0 Å². The molecule has 3 rings (SSSR count). The maximum absolute atomic E-state index is 5.59. The molecule has 0 aliphatic carbocycles. The third-order valence-corrected chi connectivity index (χ3v) is 3.18. The van der Waals surface area contributed by atoms with Crippen LogP contribution in [0.4, 0.5) is 0 Å². The van der Waals surface area contributed by atoms with E-state index in [1.54, 1.807) is 0 Å². The van der Waals surface area contributed by atoms with Crippen molar-refractivity contribution in [3.63, 3.8) is 0 Å². The first kappa shape index (κ1) is 10.7. The monoisotopic (exact) mass is 231 g/mol. The molecular formula is C14H17NO2. The maximum Gasteiger partial charge on any atom is 0.161 e. The van der Waals surface area contributed by atoms with Crippen LogP contribution < -0.4 is 14.8 Å². The second kappa shape index (κ2) is 4.80. The molecule has 2 aliphatic heterocycles. The van der Waals surface area contributed by atoms with Crippen molar-refractivity contribution in [1.29, 1.82) is 0 Å². The van der Waals surface area contributed by atoms with Gasteiger partial charge in [-0.15, -0.1) is 0 Å². The molecule has 2 aliphatic rings. The molecule has 1 N–H and O–H groups in total. The Morgan fingerprint density at radius 3 is 2.59 bits per heavy atom. The smallest absolute Gasteiger partial charge is 0.161 e. The summed E-state index contributed by atoms with van der Waals surface area (Å²) in [7, 11) is 0. The van der Waals surface area contributed by atoms with Crippen LogP contribution in [0.3, 0.4) is 0 Å². The van der Waals surface area contributed by atoms with Crippen molar-refractivity contribution in [3.05, 3.63) is 29.3 Å². The van der Waals surface area contributed by atoms with Gasteiger partial charge in [0.25, 0.3) is 0 Å². The number of hydrogen-bond donors (Lipinski definition) is 1. The van der Waals surface area contributed by atoms with E-state index in [2.05, 4.69) is 23.5 Å². The fourth-order valence-corrected chi connectivity index (χ4v) is 2.28. The number of rotatable bonds is 1. The van der Waals surface area contributed by atoms with E-state index in [1.165, 1.54) is 11.1 Å². The summed E-state index contributed by atoms with van der Waals surface area (Å²) in [5.74, 6) is 1.74. The Hall–Kier alpha value is -1.48. The van der Waals surface area contributed by atoms with Crippen LogP contribution in [0.1, 0.15) is 18.4 Å². The number of piperidine rings is 1. The van der Waals surface area contributed by atoms with Gasteiger partial charge < -0.3 is 14.8 Å². The van der Waals surface area contributed by atoms with Crippen molar-refractivity contribution >= 4 is 6.08 Å². The second-order valence-electron chi connectivity index (χ2n) is 4.46. The molecule has 0 amide bonds. The summed E-state index contributed by atoms with van der Waals surface area (Å²) >= 11 is 0. The molecule has 1 saturated heterocycles. The van der Waals surface area contributed by atoms with E-state index in [9.17, 15) is 0 Å². The minimum absolute atomic E-state index is 0.650. The van der Waals surface area contributed by atoms with E-state index in [-0.39, 0.29) is 0 Å². The lowest BCUT2D eigenvalue weighted by molar-refractivity contribution is 0.171. The van der Waals surface area contributed by atoms with Crippen LogP contribution >= 0.6 is 0 Å². The zero-order valence-corrected chi connectivity index (χ0v) is 9.87. The molecule has 0 radical (unpaired) electrons. The molecule has 0 aromatic heterocycles. The van der Waals surface area contributed by atoms with E-state index in [1.807, 2.05) is 6.07 Å². The lowest BCUT2D eigenvalue weighted by Gasteiger charge is -2.19. The quantitative estimate of drug-likeness (QED) is 0.804. The molecule has 0 atom stereocenters. The first-order chi connectivity index (χ1) is 8.42. The zero-order chi connectivity index (χ0) is 11.5. The molecule has 90 valence electrons. The van der Waals surface area contributed by atoms with Crippen molar-refractivity contribution in [2.45, 2.75) is 12.8 Å². The molecule has 1 aromatic rings. The van der Waals surface area contributed by atoms with Crippen molar-refractivity contribution in [1.82, 2.24) is 5.32 Å². The summed E-state index contributed by atoms with van der Waals surface area (Å²) in [6.45, 7) is 3.49. The second-order valence-corrected chi connectivity index (χ2v) is 4.46. The Bertz CT molecular complexity index is 432. The first-order valence-corrected chi connectivity index (χ1v) is 6.22. The molecule has 1 aromatic carbocycles. The van der Waals surface area contributed by atoms with Crippen LogP contribution in [0.15, 0.2) is 23.8 Å². The first-order valence-electron chi connectivity index (χ1n) is 6.22. The largest absolute Gasteiger partial charge is 0.486 e. The van der Waals surface area contributed by atoms with Gasteiger partial charge >= 0.3 is 0 Å². The summed E-state index contributed by atoms with van der Waals surface area (Å²) in [6.07, 6.45) is 4.57. The van der Waals surface area contributed by atoms with Crippen LogP contribution in [-0.2, 0) is 0 Å². The third-order valence-electron chi connectivity index (χ3n) is 3.18. The summed E-state index contributed by atoms with van der Waals surface area (Å²) in [4.78, 5) is 0. The number of hydrogen-bond acceptors (Lipinski definition) is 3. The number of nitrogens with one attached hydrogen (secondary N) is 1. The fourth-order valence-electron chi connectivity index (χ4n) is 2.28. The highest BCUT2D eigenvalue weighted by Gasteiger charge is 2.11. The molecule has 3 heteroatoms. The predicted molar refractivity (Wildman–Crippen MR) is 67.5 cm³/mol. The van der Waals surface area contributed by atoms with Gasteiger partial charge in [-0.05, 0) is 43.6 Å². The predicted octanol–water partition coefficient (Wildman–Crippen LogP) is 2.22. The Morgan fingerprint density at radius 2 is 1.76 bits per heavy atom. The van der Waals surface area contributed by atoms with Gasteiger partial charge in [-0.2, -0.15) is 0 Å². The van der Waals surface area contributed by atoms with Crippen molar-refractivity contribution < 1.29 is 9.47 Å². The summed E-state index contributed by atoms with van der Waals surface area (Å²) in [5, 5.41) is 3.36. The summed E-state index contributed by atoms with van der Waals surface area (Å²) in [5.41, 5.74) is 2.73. The number of benzene rings is 1. The average Bonchev–Trinajstić information content (AvgIpc) is 2.40. The molecule has 2 heterocycles. The van der Waals surface area contributed by atoms with Crippen LogP contribution in [0.25, 0.3) is 6.08 Å². The van der Waals surface area contributed by atoms with Gasteiger partial charge in [0.2, 0.25) is 0 Å². The average molecular weight is 231 g/mol. The van der Waals surface area contributed by atoms with Crippen LogP contribution in [0, 0.1) is 0 Å². The SMILES string of the molecule is C(=C1CCNCC1)c1ccc2c(c1)OCCO2. The molecule has 3 nitrogen and oxygen atoms in total. The van der Waals surface area contributed by atoms with Gasteiger partial charge in [0.15, 0.2) is 11.5 Å². The molecule has 0 saturated carbocycles. The Labute approximate surface area is 101 Å². The molecule has 17 heavy (non-hydrogen) atoms. The van der Waals surface area contributed by atoms with Crippen LogP contribution in [0.2, 0.25) is 0 Å². The topological polar surface area (TPSA) is 30.5 Å². The highest BCUT2D eigenvalue weighted by Crippen LogP contribution is 2.31.